The van der Waals surface area contributed by atoms with Crippen LogP contribution in [-0.2, 0) is 9.53 Å². The van der Waals surface area contributed by atoms with Gasteiger partial charge in [0, 0.05) is 6.42 Å². The fourth-order valence-electron chi connectivity index (χ4n) is 2.82. The van der Waals surface area contributed by atoms with Crippen LogP contribution in [0.5, 0.6) is 0 Å². The number of nitrogens with zero attached hydrogens (tertiary/aromatic N) is 1. The predicted octanol–water partition coefficient (Wildman–Crippen LogP) is 6.07. The van der Waals surface area contributed by atoms with Gasteiger partial charge in [-0.1, -0.05) is 51.5 Å². The van der Waals surface area contributed by atoms with Crippen LogP contribution in [0, 0.1) is 0 Å². The van der Waals surface area contributed by atoms with Crippen molar-refractivity contribution in [3.8, 4) is 0 Å². The second kappa shape index (κ2) is 18.4. The third-order valence-electron chi connectivity index (χ3n) is 4.62. The summed E-state index contributed by atoms with van der Waals surface area (Å²) in [6.07, 6.45) is 16.0. The molecule has 0 saturated carbocycles. The Hall–Kier alpha value is -0.350. The van der Waals surface area contributed by atoms with Crippen molar-refractivity contribution in [3.05, 3.63) is 12.7 Å². The van der Waals surface area contributed by atoms with Crippen molar-refractivity contribution in [2.45, 2.75) is 84.0 Å². The number of hydrogen-bond acceptors (Lipinski definition) is 2. The molecule has 0 unspecified atom stereocenters. The SMILES string of the molecule is Br.C=CCCCCCCCCC(=O)OCC[N+](C)(C)CCCCCC. The van der Waals surface area contributed by atoms with Crippen molar-refractivity contribution in [1.82, 2.24) is 0 Å². The molecule has 25 heavy (non-hydrogen) atoms. The maximum atomic E-state index is 11.8. The summed E-state index contributed by atoms with van der Waals surface area (Å²) >= 11 is 0. The summed E-state index contributed by atoms with van der Waals surface area (Å²) in [6, 6.07) is 0. The number of rotatable bonds is 17. The molecule has 0 bridgehead atoms. The van der Waals surface area contributed by atoms with Crippen LogP contribution in [0.2, 0.25) is 0 Å². The van der Waals surface area contributed by atoms with Gasteiger partial charge in [0.2, 0.25) is 0 Å². The van der Waals surface area contributed by atoms with E-state index in [0.717, 1.165) is 30.3 Å². The molecule has 0 radical (unpaired) electrons. The maximum Gasteiger partial charge on any atom is 0.305 e. The van der Waals surface area contributed by atoms with Crippen molar-refractivity contribution in [1.29, 1.82) is 0 Å². The molecule has 0 spiro atoms. The van der Waals surface area contributed by atoms with Gasteiger partial charge in [0.25, 0.3) is 0 Å². The highest BCUT2D eigenvalue weighted by Crippen LogP contribution is 2.09. The number of carbonyl (C=O) groups is 1. The molecule has 0 rings (SSSR count). The Balaban J connectivity index is 0. The van der Waals surface area contributed by atoms with Crippen LogP contribution >= 0.6 is 17.0 Å². The molecule has 0 fully saturated rings. The van der Waals surface area contributed by atoms with E-state index < -0.39 is 0 Å². The highest BCUT2D eigenvalue weighted by Gasteiger charge is 2.15. The van der Waals surface area contributed by atoms with Gasteiger partial charge in [0.05, 0.1) is 20.6 Å². The number of quaternary nitrogens is 1. The molecular weight excluding hydrogens is 378 g/mol. The third kappa shape index (κ3) is 19.8. The average Bonchev–Trinajstić information content (AvgIpc) is 2.54. The number of halogens is 1. The van der Waals surface area contributed by atoms with Crippen LogP contribution in [0.3, 0.4) is 0 Å². The van der Waals surface area contributed by atoms with E-state index in [9.17, 15) is 4.79 Å². The van der Waals surface area contributed by atoms with Gasteiger partial charge in [-0.25, -0.2) is 0 Å². The molecule has 0 amide bonds. The summed E-state index contributed by atoms with van der Waals surface area (Å²) in [5, 5.41) is 0. The van der Waals surface area contributed by atoms with E-state index in [1.54, 1.807) is 0 Å². The molecule has 0 aliphatic carbocycles. The lowest BCUT2D eigenvalue weighted by molar-refractivity contribution is -0.890. The van der Waals surface area contributed by atoms with E-state index in [1.807, 2.05) is 6.08 Å². The van der Waals surface area contributed by atoms with E-state index in [2.05, 4.69) is 27.6 Å². The van der Waals surface area contributed by atoms with E-state index in [4.69, 9.17) is 4.74 Å². The predicted molar refractivity (Wildman–Crippen MR) is 114 cm³/mol. The minimum absolute atomic E-state index is 0. The van der Waals surface area contributed by atoms with Gasteiger partial charge in [-0.15, -0.1) is 23.6 Å². The summed E-state index contributed by atoms with van der Waals surface area (Å²) in [7, 11) is 4.46. The van der Waals surface area contributed by atoms with Gasteiger partial charge >= 0.3 is 5.97 Å². The van der Waals surface area contributed by atoms with Crippen molar-refractivity contribution < 1.29 is 14.0 Å². The molecule has 0 aromatic rings. The van der Waals surface area contributed by atoms with Crippen LogP contribution in [0.15, 0.2) is 12.7 Å². The van der Waals surface area contributed by atoms with Crippen LogP contribution in [0.4, 0.5) is 0 Å². The van der Waals surface area contributed by atoms with E-state index in [0.29, 0.717) is 13.0 Å². The van der Waals surface area contributed by atoms with Gasteiger partial charge in [0.1, 0.15) is 13.2 Å². The Morgan fingerprint density at radius 2 is 1.52 bits per heavy atom. The molecule has 4 heteroatoms. The molecule has 3 nitrogen and oxygen atoms in total. The van der Waals surface area contributed by atoms with E-state index in [1.165, 1.54) is 57.9 Å². The first-order valence-corrected chi connectivity index (χ1v) is 10.1. The highest BCUT2D eigenvalue weighted by atomic mass is 79.9. The quantitative estimate of drug-likeness (QED) is 0.123. The third-order valence-corrected chi connectivity index (χ3v) is 4.62. The molecule has 150 valence electrons. The lowest BCUT2D eigenvalue weighted by Crippen LogP contribution is -2.43. The van der Waals surface area contributed by atoms with Gasteiger partial charge in [0.15, 0.2) is 0 Å². The summed E-state index contributed by atoms with van der Waals surface area (Å²) in [6.45, 7) is 8.62. The molecule has 0 saturated heterocycles. The van der Waals surface area contributed by atoms with Crippen molar-refractivity contribution >= 4 is 23.0 Å². The van der Waals surface area contributed by atoms with E-state index in [-0.39, 0.29) is 23.0 Å². The zero-order valence-electron chi connectivity index (χ0n) is 17.1. The normalized spacial score (nSPS) is 11.0. The fraction of sp³-hybridized carbons (Fsp3) is 0.857. The average molecular weight is 421 g/mol. The van der Waals surface area contributed by atoms with Crippen molar-refractivity contribution in [2.75, 3.05) is 33.8 Å². The summed E-state index contributed by atoms with van der Waals surface area (Å²) in [5.41, 5.74) is 0. The molecular formula is C21H43BrNO2+. The number of allylic oxidation sites excluding steroid dienone is 1. The van der Waals surface area contributed by atoms with Crippen LogP contribution < -0.4 is 0 Å². The largest absolute Gasteiger partial charge is 0.460 e. The summed E-state index contributed by atoms with van der Waals surface area (Å²) < 4.78 is 6.35. The molecule has 0 aromatic heterocycles. The highest BCUT2D eigenvalue weighted by molar-refractivity contribution is 8.93. The molecule has 0 N–H and O–H groups in total. The fourth-order valence-corrected chi connectivity index (χ4v) is 2.82. The maximum absolute atomic E-state index is 11.8. The Morgan fingerprint density at radius 3 is 2.16 bits per heavy atom. The zero-order valence-corrected chi connectivity index (χ0v) is 18.8. The monoisotopic (exact) mass is 420 g/mol. The van der Waals surface area contributed by atoms with Crippen LogP contribution in [-0.4, -0.2) is 44.2 Å². The Morgan fingerprint density at radius 1 is 0.920 bits per heavy atom. The smallest absolute Gasteiger partial charge is 0.305 e. The van der Waals surface area contributed by atoms with Crippen molar-refractivity contribution in [3.63, 3.8) is 0 Å². The van der Waals surface area contributed by atoms with Gasteiger partial charge in [-0.3, -0.25) is 4.79 Å². The zero-order chi connectivity index (χ0) is 18.1. The lowest BCUT2D eigenvalue weighted by Gasteiger charge is -2.29. The first kappa shape index (κ1) is 26.9. The van der Waals surface area contributed by atoms with Crippen LogP contribution in [0.25, 0.3) is 0 Å². The lowest BCUT2D eigenvalue weighted by atomic mass is 10.1. The van der Waals surface area contributed by atoms with Gasteiger partial charge in [-0.2, -0.15) is 0 Å². The number of ether oxygens (including phenoxy) is 1. The summed E-state index contributed by atoms with van der Waals surface area (Å²) in [4.78, 5) is 11.8. The second-order valence-electron chi connectivity index (χ2n) is 7.61. The topological polar surface area (TPSA) is 26.3 Å². The number of hydrogen-bond donors (Lipinski definition) is 0. The standard InChI is InChI=1S/C21H42NO2.BrH/c1-5-7-9-11-12-13-14-15-17-21(23)24-20-19-22(3,4)18-16-10-8-6-2;/h5H,1,6-20H2,2-4H3;1H/q+1;. The number of unbranched alkanes of at least 4 members (excludes halogenated alkanes) is 9. The Labute approximate surface area is 167 Å². The van der Waals surface area contributed by atoms with E-state index >= 15 is 0 Å². The number of esters is 1. The first-order chi connectivity index (χ1) is 11.5. The van der Waals surface area contributed by atoms with Crippen LogP contribution in [0.1, 0.15) is 84.0 Å². The Kier molecular flexibility index (Phi) is 19.8. The molecule has 0 atom stereocenters. The number of carbonyl (C=O) groups excluding carboxylic acids is 1. The first-order valence-electron chi connectivity index (χ1n) is 10.1. The van der Waals surface area contributed by atoms with Gasteiger partial charge < -0.3 is 9.22 Å². The minimum Gasteiger partial charge on any atom is -0.460 e. The Bertz CT molecular complexity index is 319. The molecule has 0 heterocycles. The molecule has 0 aromatic carbocycles. The second-order valence-corrected chi connectivity index (χ2v) is 7.61. The summed E-state index contributed by atoms with van der Waals surface area (Å²) in [5.74, 6) is -0.0207. The van der Waals surface area contributed by atoms with Gasteiger partial charge in [-0.05, 0) is 32.1 Å². The molecule has 0 aliphatic heterocycles. The number of likely N-dealkylation sites (N-methyl/N-ethyl adjacent to an activating group) is 1. The minimum atomic E-state index is -0.0207. The molecule has 0 aliphatic rings. The van der Waals surface area contributed by atoms with Crippen molar-refractivity contribution in [2.24, 2.45) is 0 Å².